The van der Waals surface area contributed by atoms with E-state index in [2.05, 4.69) is 25.1 Å². The predicted molar refractivity (Wildman–Crippen MR) is 147 cm³/mol. The summed E-state index contributed by atoms with van der Waals surface area (Å²) in [5, 5.41) is 17.9. The van der Waals surface area contributed by atoms with E-state index in [1.807, 2.05) is 0 Å². The largest absolute Gasteiger partial charge is 0.388 e. The van der Waals surface area contributed by atoms with Crippen molar-refractivity contribution in [1.29, 1.82) is 0 Å². The number of anilines is 3. The fraction of sp³-hybridized carbons (Fsp3) is 0.148. The first-order chi connectivity index (χ1) is 19.1. The molecule has 3 N–H and O–H groups in total. The van der Waals surface area contributed by atoms with E-state index in [0.29, 0.717) is 46.5 Å². The van der Waals surface area contributed by atoms with Crippen LogP contribution < -0.4 is 10.0 Å². The average Bonchev–Trinajstić information content (AvgIpc) is 3.50. The van der Waals surface area contributed by atoms with Gasteiger partial charge in [-0.1, -0.05) is 17.7 Å². The minimum absolute atomic E-state index is 0.123. The zero-order valence-electron chi connectivity index (χ0n) is 20.9. The molecular weight excluding hydrogens is 562 g/mol. The van der Waals surface area contributed by atoms with Crippen molar-refractivity contribution >= 4 is 49.9 Å². The fourth-order valence-corrected chi connectivity index (χ4v) is 6.51. The van der Waals surface area contributed by atoms with Gasteiger partial charge in [-0.3, -0.25) is 9.40 Å². The second kappa shape index (κ2) is 9.81. The van der Waals surface area contributed by atoms with Crippen LogP contribution in [0, 0.1) is 11.6 Å². The van der Waals surface area contributed by atoms with Crippen molar-refractivity contribution in [2.45, 2.75) is 23.8 Å². The molecule has 40 heavy (non-hydrogen) atoms. The lowest BCUT2D eigenvalue weighted by Gasteiger charge is -2.15. The van der Waals surface area contributed by atoms with Crippen molar-refractivity contribution in [2.24, 2.45) is 7.05 Å². The number of nitrogens with one attached hydrogen (secondary N) is 2. The van der Waals surface area contributed by atoms with E-state index in [0.717, 1.165) is 12.1 Å². The van der Waals surface area contributed by atoms with Crippen LogP contribution in [0.1, 0.15) is 23.7 Å². The number of aryl methyl sites for hydroxylation is 1. The first-order valence-electron chi connectivity index (χ1n) is 12.1. The van der Waals surface area contributed by atoms with E-state index >= 15 is 4.39 Å². The molecule has 0 spiro atoms. The number of hydrogen-bond donors (Lipinski definition) is 3. The maximum Gasteiger partial charge on any atom is 0.262 e. The highest BCUT2D eigenvalue weighted by atomic mass is 35.5. The van der Waals surface area contributed by atoms with Gasteiger partial charge < -0.3 is 10.4 Å². The average molecular weight is 583 g/mol. The Balaban J connectivity index is 1.34. The Hall–Kier alpha value is -4.13. The number of rotatable bonds is 6. The molecule has 3 aromatic carbocycles. The predicted octanol–water partition coefficient (Wildman–Crippen LogP) is 5.49. The van der Waals surface area contributed by atoms with Crippen molar-refractivity contribution < 1.29 is 22.3 Å². The quantitative estimate of drug-likeness (QED) is 0.242. The lowest BCUT2D eigenvalue weighted by molar-refractivity contribution is 0.180. The maximum atomic E-state index is 15.7. The van der Waals surface area contributed by atoms with Crippen LogP contribution in [-0.4, -0.2) is 33.3 Å². The van der Waals surface area contributed by atoms with Gasteiger partial charge in [0.1, 0.15) is 5.82 Å². The number of halogens is 3. The van der Waals surface area contributed by atoms with Gasteiger partial charge >= 0.3 is 0 Å². The summed E-state index contributed by atoms with van der Waals surface area (Å²) < 4.78 is 61.1. The molecule has 2 aromatic heterocycles. The summed E-state index contributed by atoms with van der Waals surface area (Å²) in [7, 11) is -2.55. The van der Waals surface area contributed by atoms with Crippen LogP contribution in [0.5, 0.6) is 0 Å². The molecular formula is C27H21ClF2N6O3S. The van der Waals surface area contributed by atoms with Gasteiger partial charge in [0.25, 0.3) is 10.0 Å². The Bertz CT molecular complexity index is 1910. The molecule has 5 aromatic rings. The van der Waals surface area contributed by atoms with Gasteiger partial charge in [0.05, 0.1) is 39.7 Å². The summed E-state index contributed by atoms with van der Waals surface area (Å²) in [5.41, 5.74) is 1.39. The summed E-state index contributed by atoms with van der Waals surface area (Å²) in [6.45, 7) is 0. The van der Waals surface area contributed by atoms with Gasteiger partial charge in [0.2, 0.25) is 5.95 Å². The Kier molecular flexibility index (Phi) is 6.40. The van der Waals surface area contributed by atoms with E-state index in [9.17, 15) is 17.9 Å². The minimum Gasteiger partial charge on any atom is -0.388 e. The van der Waals surface area contributed by atoms with E-state index < -0.39 is 39.0 Å². The maximum absolute atomic E-state index is 15.7. The van der Waals surface area contributed by atoms with Gasteiger partial charge in [0, 0.05) is 29.9 Å². The van der Waals surface area contributed by atoms with Crippen molar-refractivity contribution in [2.75, 3.05) is 10.0 Å². The number of aromatic nitrogens is 4. The van der Waals surface area contributed by atoms with E-state index in [1.54, 1.807) is 30.2 Å². The summed E-state index contributed by atoms with van der Waals surface area (Å²) in [4.78, 5) is 8.54. The normalized spacial score (nSPS) is 14.9. The van der Waals surface area contributed by atoms with Crippen molar-refractivity contribution in [3.63, 3.8) is 0 Å². The summed E-state index contributed by atoms with van der Waals surface area (Å²) in [6.07, 6.45) is 4.72. The molecule has 204 valence electrons. The molecule has 0 radical (unpaired) electrons. The molecule has 2 heterocycles. The third-order valence-corrected chi connectivity index (χ3v) is 8.34. The number of fused-ring (bicyclic) bond motifs is 2. The summed E-state index contributed by atoms with van der Waals surface area (Å²) in [6, 6.07) is 9.39. The first-order valence-corrected chi connectivity index (χ1v) is 14.0. The first kappa shape index (κ1) is 26.1. The van der Waals surface area contributed by atoms with Gasteiger partial charge in [0.15, 0.2) is 5.82 Å². The number of hydrogen-bond acceptors (Lipinski definition) is 7. The molecule has 0 amide bonds. The Morgan fingerprint density at radius 3 is 2.73 bits per heavy atom. The van der Waals surface area contributed by atoms with E-state index in [1.165, 1.54) is 30.5 Å². The van der Waals surface area contributed by atoms with Crippen LogP contribution in [0.4, 0.5) is 26.1 Å². The molecule has 1 unspecified atom stereocenters. The summed E-state index contributed by atoms with van der Waals surface area (Å²) in [5.74, 6) is -1.64. The lowest BCUT2D eigenvalue weighted by atomic mass is 10.0. The number of aliphatic hydroxyl groups is 1. The third kappa shape index (κ3) is 4.74. The smallest absolute Gasteiger partial charge is 0.262 e. The van der Waals surface area contributed by atoms with Gasteiger partial charge in [-0.2, -0.15) is 5.10 Å². The Morgan fingerprint density at radius 1 is 1.12 bits per heavy atom. The molecule has 1 atom stereocenters. The van der Waals surface area contributed by atoms with Crippen LogP contribution in [0.25, 0.3) is 22.0 Å². The van der Waals surface area contributed by atoms with Crippen LogP contribution >= 0.6 is 11.6 Å². The van der Waals surface area contributed by atoms with E-state index in [-0.39, 0.29) is 15.5 Å². The molecule has 0 bridgehead atoms. The highest BCUT2D eigenvalue weighted by Crippen LogP contribution is 2.39. The van der Waals surface area contributed by atoms with Crippen LogP contribution in [0.2, 0.25) is 5.02 Å². The van der Waals surface area contributed by atoms with Gasteiger partial charge in [-0.05, 0) is 65.9 Å². The van der Waals surface area contributed by atoms with E-state index in [4.69, 9.17) is 11.6 Å². The molecule has 0 saturated carbocycles. The monoisotopic (exact) mass is 582 g/mol. The number of benzene rings is 3. The Labute approximate surface area is 232 Å². The van der Waals surface area contributed by atoms with Crippen molar-refractivity contribution in [1.82, 2.24) is 19.7 Å². The fourth-order valence-electron chi connectivity index (χ4n) is 4.83. The molecule has 1 aliphatic rings. The highest BCUT2D eigenvalue weighted by Gasteiger charge is 2.30. The molecule has 0 fully saturated rings. The number of sulfonamides is 1. The van der Waals surface area contributed by atoms with Crippen LogP contribution in [0.15, 0.2) is 66.0 Å². The zero-order valence-corrected chi connectivity index (χ0v) is 22.4. The SMILES string of the molecule is Cn1cc(Nc2ncc3cc(-c4c(F)ccc(NS(=O)(=O)c5cc(Cl)cc6c5CCC6O)c4F)ccc3n2)cn1. The molecule has 0 saturated heterocycles. The molecule has 9 nitrogen and oxygen atoms in total. The van der Waals surface area contributed by atoms with Crippen molar-refractivity contribution in [3.8, 4) is 11.1 Å². The van der Waals surface area contributed by atoms with Crippen LogP contribution in [-0.2, 0) is 23.5 Å². The van der Waals surface area contributed by atoms with Gasteiger partial charge in [-0.15, -0.1) is 0 Å². The molecule has 6 rings (SSSR count). The molecule has 1 aliphatic carbocycles. The minimum atomic E-state index is -4.32. The second-order valence-corrected chi connectivity index (χ2v) is 11.5. The molecule has 13 heteroatoms. The van der Waals surface area contributed by atoms with Gasteiger partial charge in [-0.25, -0.2) is 27.2 Å². The lowest BCUT2D eigenvalue weighted by Crippen LogP contribution is -2.16. The molecule has 0 aliphatic heterocycles. The third-order valence-electron chi connectivity index (χ3n) is 6.69. The van der Waals surface area contributed by atoms with Crippen LogP contribution in [0.3, 0.4) is 0 Å². The number of aliphatic hydroxyl groups excluding tert-OH is 1. The highest BCUT2D eigenvalue weighted by molar-refractivity contribution is 7.92. The zero-order chi connectivity index (χ0) is 28.2. The Morgan fingerprint density at radius 2 is 1.95 bits per heavy atom. The number of nitrogens with zero attached hydrogens (tertiary/aromatic N) is 4. The van der Waals surface area contributed by atoms with Crippen molar-refractivity contribution in [3.05, 3.63) is 88.8 Å². The second-order valence-electron chi connectivity index (χ2n) is 9.41. The topological polar surface area (TPSA) is 122 Å². The standard InChI is InChI=1S/C27H21ClF2N6O3S/c1-36-13-17(12-32-36)33-27-31-11-15-8-14(2-5-21(15)34-27)25-20(29)4-6-22(26(25)30)35-40(38,39)24-10-16(28)9-19-18(24)3-7-23(19)37/h2,4-6,8-13,23,35,37H,3,7H2,1H3,(H,31,33,34). The summed E-state index contributed by atoms with van der Waals surface area (Å²) >= 11 is 6.11.